The standard InChI is InChI=1S/C19H19N3O2S2/c1-25-12-11-15(20-17(23)13-7-3-2-4-8-13)18(24)22-19-21-14-9-5-6-10-16(14)26-19/h2-10,15H,11-12H2,1H3,(H,20,23)(H,21,22,24)/t15-/m0/s1. The van der Waals surface area contributed by atoms with Gasteiger partial charge in [0.2, 0.25) is 5.91 Å². The molecule has 0 aliphatic carbocycles. The number of thioether (sulfide) groups is 1. The molecule has 1 aromatic heterocycles. The summed E-state index contributed by atoms with van der Waals surface area (Å²) in [5.41, 5.74) is 1.39. The average molecular weight is 386 g/mol. The normalized spacial score (nSPS) is 11.9. The summed E-state index contributed by atoms with van der Waals surface area (Å²) in [4.78, 5) is 29.5. The number of hydrogen-bond acceptors (Lipinski definition) is 5. The van der Waals surface area contributed by atoms with Crippen molar-refractivity contribution >= 4 is 50.3 Å². The van der Waals surface area contributed by atoms with Crippen LogP contribution in [0.3, 0.4) is 0 Å². The van der Waals surface area contributed by atoms with E-state index in [9.17, 15) is 9.59 Å². The van der Waals surface area contributed by atoms with Crippen LogP contribution in [0.25, 0.3) is 10.2 Å². The zero-order chi connectivity index (χ0) is 18.4. The maximum Gasteiger partial charge on any atom is 0.251 e. The molecule has 134 valence electrons. The van der Waals surface area contributed by atoms with E-state index in [2.05, 4.69) is 15.6 Å². The van der Waals surface area contributed by atoms with E-state index in [0.29, 0.717) is 17.1 Å². The van der Waals surface area contributed by atoms with Gasteiger partial charge in [0, 0.05) is 5.56 Å². The maximum atomic E-state index is 12.7. The van der Waals surface area contributed by atoms with Gasteiger partial charge < -0.3 is 10.6 Å². The molecule has 0 aliphatic heterocycles. The molecule has 26 heavy (non-hydrogen) atoms. The van der Waals surface area contributed by atoms with Gasteiger partial charge in [-0.2, -0.15) is 11.8 Å². The molecule has 0 aliphatic rings. The van der Waals surface area contributed by atoms with Crippen LogP contribution in [0, 0.1) is 0 Å². The lowest BCUT2D eigenvalue weighted by atomic mass is 10.1. The van der Waals surface area contributed by atoms with Crippen LogP contribution in [0.5, 0.6) is 0 Å². The molecular weight excluding hydrogens is 366 g/mol. The number of hydrogen-bond donors (Lipinski definition) is 2. The molecule has 1 atom stereocenters. The van der Waals surface area contributed by atoms with Crippen LogP contribution in [-0.4, -0.2) is 34.8 Å². The SMILES string of the molecule is CSCC[C@H](NC(=O)c1ccccc1)C(=O)Nc1nc2ccccc2s1. The zero-order valence-electron chi connectivity index (χ0n) is 14.3. The number of para-hydroxylation sites is 1. The van der Waals surface area contributed by atoms with Gasteiger partial charge in [-0.15, -0.1) is 0 Å². The van der Waals surface area contributed by atoms with E-state index >= 15 is 0 Å². The quantitative estimate of drug-likeness (QED) is 0.649. The smallest absolute Gasteiger partial charge is 0.251 e. The first-order chi connectivity index (χ1) is 12.7. The molecule has 0 unspecified atom stereocenters. The summed E-state index contributed by atoms with van der Waals surface area (Å²) < 4.78 is 1.01. The molecule has 3 aromatic rings. The highest BCUT2D eigenvalue weighted by Gasteiger charge is 2.22. The molecule has 2 aromatic carbocycles. The maximum absolute atomic E-state index is 12.7. The predicted octanol–water partition coefficient (Wildman–Crippen LogP) is 3.79. The fraction of sp³-hybridized carbons (Fsp3) is 0.211. The number of amides is 2. The van der Waals surface area contributed by atoms with Crippen LogP contribution in [0.2, 0.25) is 0 Å². The van der Waals surface area contributed by atoms with Crippen molar-refractivity contribution in [2.45, 2.75) is 12.5 Å². The number of thiazole rings is 1. The molecule has 1 heterocycles. The molecule has 2 N–H and O–H groups in total. The zero-order valence-corrected chi connectivity index (χ0v) is 15.9. The Kier molecular flexibility index (Phi) is 6.25. The lowest BCUT2D eigenvalue weighted by molar-refractivity contribution is -0.118. The van der Waals surface area contributed by atoms with Gasteiger partial charge in [-0.25, -0.2) is 4.98 Å². The van der Waals surface area contributed by atoms with E-state index in [-0.39, 0.29) is 11.8 Å². The first-order valence-electron chi connectivity index (χ1n) is 8.18. The van der Waals surface area contributed by atoms with Crippen LogP contribution in [0.4, 0.5) is 5.13 Å². The van der Waals surface area contributed by atoms with Crippen LogP contribution in [0.15, 0.2) is 54.6 Å². The van der Waals surface area contributed by atoms with E-state index in [0.717, 1.165) is 16.0 Å². The third-order valence-electron chi connectivity index (χ3n) is 3.79. The molecule has 0 radical (unpaired) electrons. The molecule has 5 nitrogen and oxygen atoms in total. The van der Waals surface area contributed by atoms with E-state index in [1.165, 1.54) is 11.3 Å². The number of benzene rings is 2. The van der Waals surface area contributed by atoms with Gasteiger partial charge in [-0.3, -0.25) is 9.59 Å². The number of nitrogens with zero attached hydrogens (tertiary/aromatic N) is 1. The minimum Gasteiger partial charge on any atom is -0.340 e. The third kappa shape index (κ3) is 4.62. The number of nitrogens with one attached hydrogen (secondary N) is 2. The average Bonchev–Trinajstić information content (AvgIpc) is 3.07. The van der Waals surface area contributed by atoms with Crippen molar-refractivity contribution in [2.24, 2.45) is 0 Å². The van der Waals surface area contributed by atoms with Gasteiger partial charge in [0.25, 0.3) is 5.91 Å². The van der Waals surface area contributed by atoms with Crippen molar-refractivity contribution < 1.29 is 9.59 Å². The Morgan fingerprint density at radius 3 is 2.58 bits per heavy atom. The molecular formula is C19H19N3O2S2. The molecule has 0 saturated carbocycles. The second kappa shape index (κ2) is 8.82. The van der Waals surface area contributed by atoms with Crippen molar-refractivity contribution in [1.29, 1.82) is 0 Å². The molecule has 0 saturated heterocycles. The minimum absolute atomic E-state index is 0.248. The van der Waals surface area contributed by atoms with Gasteiger partial charge in [0.15, 0.2) is 5.13 Å². The highest BCUT2D eigenvalue weighted by Crippen LogP contribution is 2.25. The van der Waals surface area contributed by atoms with Gasteiger partial charge in [0.1, 0.15) is 6.04 Å². The summed E-state index contributed by atoms with van der Waals surface area (Å²) in [5.74, 6) is 0.269. The first-order valence-corrected chi connectivity index (χ1v) is 10.4. The molecule has 0 bridgehead atoms. The van der Waals surface area contributed by atoms with Gasteiger partial charge >= 0.3 is 0 Å². The Hall–Kier alpha value is -2.38. The number of carbonyl (C=O) groups excluding carboxylic acids is 2. The van der Waals surface area contributed by atoms with Gasteiger partial charge in [-0.05, 0) is 42.7 Å². The highest BCUT2D eigenvalue weighted by molar-refractivity contribution is 7.98. The highest BCUT2D eigenvalue weighted by atomic mass is 32.2. The summed E-state index contributed by atoms with van der Waals surface area (Å²) in [5, 5.41) is 6.22. The Morgan fingerprint density at radius 1 is 1.12 bits per heavy atom. The Labute approximate surface area is 160 Å². The Bertz CT molecular complexity index is 863. The van der Waals surface area contributed by atoms with Crippen LogP contribution >= 0.6 is 23.1 Å². The molecule has 0 fully saturated rings. The molecule has 3 rings (SSSR count). The second-order valence-electron chi connectivity index (χ2n) is 5.65. The van der Waals surface area contributed by atoms with E-state index in [1.807, 2.05) is 36.6 Å². The predicted molar refractivity (Wildman–Crippen MR) is 109 cm³/mol. The number of aromatic nitrogens is 1. The number of fused-ring (bicyclic) bond motifs is 1. The van der Waals surface area contributed by atoms with Crippen LogP contribution in [0.1, 0.15) is 16.8 Å². The van der Waals surface area contributed by atoms with Crippen molar-refractivity contribution in [3.63, 3.8) is 0 Å². The van der Waals surface area contributed by atoms with Crippen molar-refractivity contribution in [3.05, 3.63) is 60.2 Å². The lowest BCUT2D eigenvalue weighted by Gasteiger charge is -2.17. The van der Waals surface area contributed by atoms with E-state index < -0.39 is 6.04 Å². The molecule has 2 amide bonds. The van der Waals surface area contributed by atoms with Crippen LogP contribution < -0.4 is 10.6 Å². The lowest BCUT2D eigenvalue weighted by Crippen LogP contribution is -2.44. The summed E-state index contributed by atoms with van der Waals surface area (Å²) in [6.45, 7) is 0. The molecule has 7 heteroatoms. The number of anilines is 1. The summed E-state index contributed by atoms with van der Waals surface area (Å²) >= 11 is 3.06. The largest absolute Gasteiger partial charge is 0.340 e. The topological polar surface area (TPSA) is 71.1 Å². The summed E-state index contributed by atoms with van der Waals surface area (Å²) in [7, 11) is 0. The Balaban J connectivity index is 1.71. The fourth-order valence-corrected chi connectivity index (χ4v) is 3.79. The summed E-state index contributed by atoms with van der Waals surface area (Å²) in [6, 6.07) is 16.0. The molecule has 0 spiro atoms. The van der Waals surface area contributed by atoms with Gasteiger partial charge in [-0.1, -0.05) is 41.7 Å². The monoisotopic (exact) mass is 385 g/mol. The van der Waals surface area contributed by atoms with Crippen molar-refractivity contribution in [1.82, 2.24) is 10.3 Å². The third-order valence-corrected chi connectivity index (χ3v) is 5.39. The van der Waals surface area contributed by atoms with E-state index in [4.69, 9.17) is 0 Å². The van der Waals surface area contributed by atoms with Crippen LogP contribution in [-0.2, 0) is 4.79 Å². The minimum atomic E-state index is -0.609. The van der Waals surface area contributed by atoms with Crippen molar-refractivity contribution in [3.8, 4) is 0 Å². The number of rotatable bonds is 7. The van der Waals surface area contributed by atoms with E-state index in [1.54, 1.807) is 36.0 Å². The number of carbonyl (C=O) groups is 2. The fourth-order valence-electron chi connectivity index (χ4n) is 2.45. The first kappa shape index (κ1) is 18.4. The van der Waals surface area contributed by atoms with Gasteiger partial charge in [0.05, 0.1) is 10.2 Å². The Morgan fingerprint density at radius 2 is 1.85 bits per heavy atom. The van der Waals surface area contributed by atoms with Crippen molar-refractivity contribution in [2.75, 3.05) is 17.3 Å². The summed E-state index contributed by atoms with van der Waals surface area (Å²) in [6.07, 6.45) is 2.53. The second-order valence-corrected chi connectivity index (χ2v) is 7.67.